The summed E-state index contributed by atoms with van der Waals surface area (Å²) in [4.78, 5) is 29.0. The van der Waals surface area contributed by atoms with Gasteiger partial charge in [-0.05, 0) is 56.6 Å². The number of carbonyl (C=O) groups is 2. The summed E-state index contributed by atoms with van der Waals surface area (Å²) < 4.78 is 0. The molecule has 6 nitrogen and oxygen atoms in total. The van der Waals surface area contributed by atoms with E-state index in [1.165, 1.54) is 0 Å². The number of hydrogen-bond acceptors (Lipinski definition) is 4. The molecular weight excluding hydrogens is 328 g/mol. The van der Waals surface area contributed by atoms with Crippen LogP contribution in [0.25, 0.3) is 0 Å². The van der Waals surface area contributed by atoms with Crippen molar-refractivity contribution < 1.29 is 9.59 Å². The van der Waals surface area contributed by atoms with Crippen LogP contribution >= 0.6 is 0 Å². The molecule has 1 heterocycles. The zero-order chi connectivity index (χ0) is 19.3. The van der Waals surface area contributed by atoms with Crippen LogP contribution in [0.1, 0.15) is 43.5 Å². The van der Waals surface area contributed by atoms with Crippen molar-refractivity contribution in [1.29, 1.82) is 0 Å². The quantitative estimate of drug-likeness (QED) is 0.815. The van der Waals surface area contributed by atoms with Gasteiger partial charge in [-0.3, -0.25) is 9.59 Å². The second-order valence-electron chi connectivity index (χ2n) is 7.45. The minimum atomic E-state index is -0.532. The number of nitrogens with zero attached hydrogens (tertiary/aromatic N) is 2. The van der Waals surface area contributed by atoms with E-state index in [-0.39, 0.29) is 23.8 Å². The molecule has 0 aromatic heterocycles. The highest BCUT2D eigenvalue weighted by molar-refractivity contribution is 5.97. The third kappa shape index (κ3) is 5.05. The number of hydrogen-bond donors (Lipinski definition) is 2. The molecule has 1 aromatic carbocycles. The molecular formula is C20H32N4O2. The molecule has 1 aliphatic rings. The summed E-state index contributed by atoms with van der Waals surface area (Å²) in [5.41, 5.74) is 7.24. The van der Waals surface area contributed by atoms with Crippen LogP contribution < -0.4 is 11.1 Å². The maximum Gasteiger partial charge on any atom is 0.253 e. The Hall–Kier alpha value is -1.92. The molecule has 144 valence electrons. The van der Waals surface area contributed by atoms with Gasteiger partial charge in [0.25, 0.3) is 5.91 Å². The van der Waals surface area contributed by atoms with E-state index in [4.69, 9.17) is 5.73 Å². The van der Waals surface area contributed by atoms with E-state index in [1.807, 2.05) is 25.8 Å². The topological polar surface area (TPSA) is 78.7 Å². The number of piperidine rings is 1. The minimum absolute atomic E-state index is 0.0134. The smallest absolute Gasteiger partial charge is 0.253 e. The molecule has 0 saturated carbocycles. The van der Waals surface area contributed by atoms with Gasteiger partial charge < -0.3 is 20.9 Å². The molecule has 26 heavy (non-hydrogen) atoms. The van der Waals surface area contributed by atoms with E-state index in [0.717, 1.165) is 32.4 Å². The molecule has 0 radical (unpaired) electrons. The number of rotatable bonds is 6. The van der Waals surface area contributed by atoms with Gasteiger partial charge in [-0.1, -0.05) is 20.3 Å². The predicted octanol–water partition coefficient (Wildman–Crippen LogP) is 2.16. The van der Waals surface area contributed by atoms with Gasteiger partial charge in [-0.25, -0.2) is 0 Å². The molecule has 3 unspecified atom stereocenters. The van der Waals surface area contributed by atoms with Crippen LogP contribution in [0.15, 0.2) is 24.3 Å². The van der Waals surface area contributed by atoms with Crippen LogP contribution in [0.2, 0.25) is 0 Å². The van der Waals surface area contributed by atoms with E-state index in [0.29, 0.717) is 11.3 Å². The SMILES string of the molecule is CCC(C)C(N)C(=O)Nc1ccc(C(=O)N(C)C2CCCN(C)C2)cc1. The standard InChI is InChI=1S/C20H32N4O2/c1-5-14(2)18(21)19(25)22-16-10-8-15(9-11-16)20(26)24(4)17-7-6-12-23(3)13-17/h8-11,14,17-18H,5-7,12-13,21H2,1-4H3,(H,22,25). The molecule has 1 saturated heterocycles. The number of likely N-dealkylation sites (tertiary alicyclic amines) is 1. The van der Waals surface area contributed by atoms with Crippen molar-refractivity contribution in [2.45, 2.75) is 45.2 Å². The molecule has 2 rings (SSSR count). The number of benzene rings is 1. The number of carbonyl (C=O) groups excluding carboxylic acids is 2. The van der Waals surface area contributed by atoms with Crippen molar-refractivity contribution in [3.05, 3.63) is 29.8 Å². The van der Waals surface area contributed by atoms with Crippen molar-refractivity contribution in [3.8, 4) is 0 Å². The molecule has 0 bridgehead atoms. The van der Waals surface area contributed by atoms with Gasteiger partial charge in [0.2, 0.25) is 5.91 Å². The van der Waals surface area contributed by atoms with Crippen molar-refractivity contribution in [2.75, 3.05) is 32.5 Å². The van der Waals surface area contributed by atoms with Crippen LogP contribution in [-0.2, 0) is 4.79 Å². The fraction of sp³-hybridized carbons (Fsp3) is 0.600. The van der Waals surface area contributed by atoms with E-state index in [2.05, 4.69) is 17.3 Å². The molecule has 0 aliphatic carbocycles. The average Bonchev–Trinajstić information content (AvgIpc) is 2.66. The maximum atomic E-state index is 12.7. The second-order valence-corrected chi connectivity index (χ2v) is 7.45. The summed E-state index contributed by atoms with van der Waals surface area (Å²) in [5, 5.41) is 2.83. The Bertz CT molecular complexity index is 617. The molecule has 1 aromatic rings. The van der Waals surface area contributed by atoms with E-state index >= 15 is 0 Å². The van der Waals surface area contributed by atoms with Crippen molar-refractivity contribution in [2.24, 2.45) is 11.7 Å². The van der Waals surface area contributed by atoms with Crippen LogP contribution in [0.4, 0.5) is 5.69 Å². The summed E-state index contributed by atoms with van der Waals surface area (Å²) in [6, 6.07) is 6.75. The van der Waals surface area contributed by atoms with Crippen molar-refractivity contribution >= 4 is 17.5 Å². The van der Waals surface area contributed by atoms with Gasteiger partial charge in [0.15, 0.2) is 0 Å². The first-order chi connectivity index (χ1) is 12.3. The third-order valence-electron chi connectivity index (χ3n) is 5.43. The number of nitrogens with two attached hydrogens (primary N) is 1. The zero-order valence-corrected chi connectivity index (χ0v) is 16.4. The van der Waals surface area contributed by atoms with Gasteiger partial charge >= 0.3 is 0 Å². The van der Waals surface area contributed by atoms with Gasteiger partial charge in [0, 0.05) is 30.9 Å². The first-order valence-electron chi connectivity index (χ1n) is 9.45. The molecule has 0 spiro atoms. The number of nitrogens with one attached hydrogen (secondary N) is 1. The van der Waals surface area contributed by atoms with E-state index in [1.54, 1.807) is 24.3 Å². The van der Waals surface area contributed by atoms with Gasteiger partial charge in [-0.15, -0.1) is 0 Å². The lowest BCUT2D eigenvalue weighted by Gasteiger charge is -2.35. The van der Waals surface area contributed by atoms with Gasteiger partial charge in [0.1, 0.15) is 0 Å². The van der Waals surface area contributed by atoms with Gasteiger partial charge in [-0.2, -0.15) is 0 Å². The maximum absolute atomic E-state index is 12.7. The number of amides is 2. The van der Waals surface area contributed by atoms with Crippen molar-refractivity contribution in [3.63, 3.8) is 0 Å². The molecule has 6 heteroatoms. The zero-order valence-electron chi connectivity index (χ0n) is 16.4. The van der Waals surface area contributed by atoms with Crippen molar-refractivity contribution in [1.82, 2.24) is 9.80 Å². The fourth-order valence-electron chi connectivity index (χ4n) is 3.26. The molecule has 1 aliphatic heterocycles. The molecule has 2 amide bonds. The Morgan fingerprint density at radius 3 is 2.58 bits per heavy atom. The van der Waals surface area contributed by atoms with Crippen LogP contribution in [0.5, 0.6) is 0 Å². The van der Waals surface area contributed by atoms with Crippen LogP contribution in [0, 0.1) is 5.92 Å². The molecule has 3 N–H and O–H groups in total. The van der Waals surface area contributed by atoms with Crippen LogP contribution in [-0.4, -0.2) is 60.9 Å². The van der Waals surface area contributed by atoms with Crippen LogP contribution in [0.3, 0.4) is 0 Å². The summed E-state index contributed by atoms with van der Waals surface area (Å²) in [6.45, 7) is 5.97. The monoisotopic (exact) mass is 360 g/mol. The Morgan fingerprint density at radius 2 is 2.00 bits per heavy atom. The lowest BCUT2D eigenvalue weighted by Crippen LogP contribution is -2.47. The highest BCUT2D eigenvalue weighted by Crippen LogP contribution is 2.18. The molecule has 3 atom stereocenters. The predicted molar refractivity (Wildman–Crippen MR) is 105 cm³/mol. The molecule has 1 fully saturated rings. The van der Waals surface area contributed by atoms with Gasteiger partial charge in [0.05, 0.1) is 6.04 Å². The first-order valence-corrected chi connectivity index (χ1v) is 9.45. The lowest BCUT2D eigenvalue weighted by atomic mass is 9.99. The Kier molecular flexibility index (Phi) is 7.17. The highest BCUT2D eigenvalue weighted by atomic mass is 16.2. The minimum Gasteiger partial charge on any atom is -0.337 e. The number of likely N-dealkylation sites (N-methyl/N-ethyl adjacent to an activating group) is 2. The largest absolute Gasteiger partial charge is 0.337 e. The number of anilines is 1. The van der Waals surface area contributed by atoms with E-state index in [9.17, 15) is 9.59 Å². The Morgan fingerprint density at radius 1 is 1.35 bits per heavy atom. The summed E-state index contributed by atoms with van der Waals surface area (Å²) in [5.74, 6) is -0.0570. The fourth-order valence-corrected chi connectivity index (χ4v) is 3.26. The summed E-state index contributed by atoms with van der Waals surface area (Å²) in [7, 11) is 3.96. The average molecular weight is 361 g/mol. The van der Waals surface area contributed by atoms with E-state index < -0.39 is 6.04 Å². The normalized spacial score (nSPS) is 20.3. The Balaban J connectivity index is 1.97. The summed E-state index contributed by atoms with van der Waals surface area (Å²) >= 11 is 0. The highest BCUT2D eigenvalue weighted by Gasteiger charge is 2.25. The lowest BCUT2D eigenvalue weighted by molar-refractivity contribution is -0.118. The Labute approximate surface area is 156 Å². The first kappa shape index (κ1) is 20.4. The third-order valence-corrected chi connectivity index (χ3v) is 5.43. The summed E-state index contributed by atoms with van der Waals surface area (Å²) in [6.07, 6.45) is 3.00. The second kappa shape index (κ2) is 9.14.